The normalized spacial score (nSPS) is 16.7. The van der Waals surface area contributed by atoms with Crippen molar-refractivity contribution in [3.8, 4) is 16.2 Å². The smallest absolute Gasteiger partial charge is 0.269 e. The molecule has 0 atom stereocenters. The van der Waals surface area contributed by atoms with E-state index in [1.165, 1.54) is 0 Å². The molecule has 0 aromatic carbocycles. The summed E-state index contributed by atoms with van der Waals surface area (Å²) in [5.41, 5.74) is 0.138. The summed E-state index contributed by atoms with van der Waals surface area (Å²) in [5.74, 6) is 0.927. The lowest BCUT2D eigenvalue weighted by Crippen LogP contribution is -2.45. The van der Waals surface area contributed by atoms with E-state index in [1.54, 1.807) is 31.4 Å². The number of rotatable bonds is 1. The van der Waals surface area contributed by atoms with Gasteiger partial charge < -0.3 is 10.1 Å². The Kier molecular flexibility index (Phi) is 2.38. The Morgan fingerprint density at radius 2 is 2.28 bits per heavy atom. The first kappa shape index (κ1) is 11.2. The molecular weight excluding hydrogens is 248 g/mol. The van der Waals surface area contributed by atoms with Crippen molar-refractivity contribution >= 4 is 23.1 Å². The summed E-state index contributed by atoms with van der Waals surface area (Å²) < 4.78 is 5.70. The molecule has 1 aliphatic heterocycles. The minimum Gasteiger partial charge on any atom is -0.474 e. The van der Waals surface area contributed by atoms with Crippen LogP contribution in [0.25, 0.3) is 10.4 Å². The maximum atomic E-state index is 11.7. The largest absolute Gasteiger partial charge is 0.474 e. The highest BCUT2D eigenvalue weighted by atomic mass is 32.1. The van der Waals surface area contributed by atoms with Gasteiger partial charge in [-0.2, -0.15) is 0 Å². The molecule has 0 spiro atoms. The fourth-order valence-corrected chi connectivity index (χ4v) is 2.48. The Bertz CT molecular complexity index is 605. The van der Waals surface area contributed by atoms with Gasteiger partial charge in [0.25, 0.3) is 5.91 Å². The minimum atomic E-state index is -0.858. The van der Waals surface area contributed by atoms with Crippen LogP contribution in [0.15, 0.2) is 29.8 Å². The van der Waals surface area contributed by atoms with E-state index in [-0.39, 0.29) is 5.91 Å². The highest BCUT2D eigenvalue weighted by Gasteiger charge is 2.36. The van der Waals surface area contributed by atoms with Gasteiger partial charge >= 0.3 is 0 Å². The molecule has 92 valence electrons. The van der Waals surface area contributed by atoms with E-state index in [2.05, 4.69) is 10.3 Å². The summed E-state index contributed by atoms with van der Waals surface area (Å²) in [6.07, 6.45) is 1.74. The van der Waals surface area contributed by atoms with E-state index >= 15 is 0 Å². The summed E-state index contributed by atoms with van der Waals surface area (Å²) in [6, 6.07) is 5.93. The molecule has 3 rings (SSSR count). The maximum absolute atomic E-state index is 11.7. The maximum Gasteiger partial charge on any atom is 0.269 e. The molecule has 4 nitrogen and oxygen atoms in total. The van der Waals surface area contributed by atoms with Gasteiger partial charge in [0, 0.05) is 16.6 Å². The van der Waals surface area contributed by atoms with Crippen LogP contribution in [-0.2, 0) is 4.79 Å². The van der Waals surface area contributed by atoms with Crippen molar-refractivity contribution in [1.82, 2.24) is 4.98 Å². The van der Waals surface area contributed by atoms with Crippen molar-refractivity contribution in [3.63, 3.8) is 0 Å². The fraction of sp³-hybridized carbons (Fsp3) is 0.231. The quantitative estimate of drug-likeness (QED) is 0.857. The van der Waals surface area contributed by atoms with Gasteiger partial charge in [0.2, 0.25) is 0 Å². The number of nitrogens with one attached hydrogen (secondary N) is 1. The molecule has 1 N–H and O–H groups in total. The number of ether oxygens (including phenoxy) is 1. The molecule has 0 fully saturated rings. The highest BCUT2D eigenvalue weighted by Crippen LogP contribution is 2.35. The zero-order chi connectivity index (χ0) is 12.8. The molecule has 5 heteroatoms. The van der Waals surface area contributed by atoms with Crippen molar-refractivity contribution in [1.29, 1.82) is 0 Å². The highest BCUT2D eigenvalue weighted by molar-refractivity contribution is 7.13. The standard InChI is InChI=1S/C13H12N2O2S/c1-13(2)12(16)15-11-9(17-13)6-8(7-14-11)10-4-3-5-18-10/h3-7H,1-2H3,(H,14,15,16). The van der Waals surface area contributed by atoms with Crippen LogP contribution in [-0.4, -0.2) is 16.5 Å². The van der Waals surface area contributed by atoms with Gasteiger partial charge in [-0.15, -0.1) is 11.3 Å². The van der Waals surface area contributed by atoms with Crippen molar-refractivity contribution in [2.45, 2.75) is 19.4 Å². The molecular formula is C13H12N2O2S. The first-order valence-corrected chi connectivity index (χ1v) is 6.49. The average Bonchev–Trinajstić information content (AvgIpc) is 2.83. The number of pyridine rings is 1. The summed E-state index contributed by atoms with van der Waals surface area (Å²) >= 11 is 1.64. The minimum absolute atomic E-state index is 0.175. The topological polar surface area (TPSA) is 51.2 Å². The van der Waals surface area contributed by atoms with Gasteiger partial charge in [-0.3, -0.25) is 4.79 Å². The van der Waals surface area contributed by atoms with Gasteiger partial charge in [0.15, 0.2) is 17.2 Å². The number of thiophene rings is 1. The summed E-state index contributed by atoms with van der Waals surface area (Å²) in [6.45, 7) is 3.48. The second-order valence-electron chi connectivity index (χ2n) is 4.61. The third kappa shape index (κ3) is 1.76. The fourth-order valence-electron chi connectivity index (χ4n) is 1.77. The van der Waals surface area contributed by atoms with Crippen LogP contribution in [0.3, 0.4) is 0 Å². The summed E-state index contributed by atoms with van der Waals surface area (Å²) in [5, 5.41) is 4.77. The van der Waals surface area contributed by atoms with E-state index in [0.29, 0.717) is 11.6 Å². The summed E-state index contributed by atoms with van der Waals surface area (Å²) in [4.78, 5) is 17.1. The van der Waals surface area contributed by atoms with E-state index in [1.807, 2.05) is 23.6 Å². The first-order chi connectivity index (χ1) is 8.56. The third-order valence-electron chi connectivity index (χ3n) is 2.80. The van der Waals surface area contributed by atoms with Crippen molar-refractivity contribution in [2.24, 2.45) is 0 Å². The number of anilines is 1. The molecule has 0 unspecified atom stereocenters. The van der Waals surface area contributed by atoms with Crippen LogP contribution in [0.4, 0.5) is 5.82 Å². The number of aromatic nitrogens is 1. The third-order valence-corrected chi connectivity index (χ3v) is 3.72. The van der Waals surface area contributed by atoms with E-state index in [0.717, 1.165) is 10.4 Å². The second-order valence-corrected chi connectivity index (χ2v) is 5.56. The van der Waals surface area contributed by atoms with Gasteiger partial charge in [-0.25, -0.2) is 4.98 Å². The van der Waals surface area contributed by atoms with Gasteiger partial charge in [0.1, 0.15) is 0 Å². The second kappa shape index (κ2) is 3.81. The monoisotopic (exact) mass is 260 g/mol. The van der Waals surface area contributed by atoms with E-state index in [9.17, 15) is 4.79 Å². The Balaban J connectivity index is 2.04. The predicted molar refractivity (Wildman–Crippen MR) is 70.9 cm³/mol. The van der Waals surface area contributed by atoms with Crippen LogP contribution >= 0.6 is 11.3 Å². The average molecular weight is 260 g/mol. The lowest BCUT2D eigenvalue weighted by molar-refractivity contribution is -0.129. The van der Waals surface area contributed by atoms with Crippen LogP contribution in [0.1, 0.15) is 13.8 Å². The predicted octanol–water partition coefficient (Wildman–Crippen LogP) is 2.92. The molecule has 3 heterocycles. The molecule has 0 aliphatic carbocycles. The Morgan fingerprint density at radius 1 is 1.44 bits per heavy atom. The van der Waals surface area contributed by atoms with Crippen LogP contribution < -0.4 is 10.1 Å². The zero-order valence-corrected chi connectivity index (χ0v) is 10.9. The molecule has 1 amide bonds. The molecule has 0 saturated heterocycles. The van der Waals surface area contributed by atoms with Crippen LogP contribution in [0, 0.1) is 0 Å². The number of carbonyl (C=O) groups is 1. The molecule has 2 aromatic rings. The van der Waals surface area contributed by atoms with Gasteiger partial charge in [0.05, 0.1) is 0 Å². The summed E-state index contributed by atoms with van der Waals surface area (Å²) in [7, 11) is 0. The van der Waals surface area contributed by atoms with E-state index in [4.69, 9.17) is 4.74 Å². The molecule has 1 aliphatic rings. The zero-order valence-electron chi connectivity index (χ0n) is 10.1. The molecule has 0 saturated carbocycles. The number of hydrogen-bond donors (Lipinski definition) is 1. The Hall–Kier alpha value is -1.88. The lowest BCUT2D eigenvalue weighted by Gasteiger charge is -2.30. The molecule has 2 aromatic heterocycles. The van der Waals surface area contributed by atoms with Crippen molar-refractivity contribution in [3.05, 3.63) is 29.8 Å². The number of nitrogens with zero attached hydrogens (tertiary/aromatic N) is 1. The van der Waals surface area contributed by atoms with Crippen LogP contribution in [0.5, 0.6) is 5.75 Å². The SMILES string of the molecule is CC1(C)Oc2cc(-c3cccs3)cnc2NC1=O. The Morgan fingerprint density at radius 3 is 3.00 bits per heavy atom. The number of amides is 1. The van der Waals surface area contributed by atoms with Crippen molar-refractivity contribution in [2.75, 3.05) is 5.32 Å². The first-order valence-electron chi connectivity index (χ1n) is 5.61. The number of hydrogen-bond acceptors (Lipinski definition) is 4. The number of fused-ring (bicyclic) bond motifs is 1. The van der Waals surface area contributed by atoms with Gasteiger partial charge in [-0.1, -0.05) is 6.07 Å². The lowest BCUT2D eigenvalue weighted by atomic mass is 10.1. The number of carbonyl (C=O) groups excluding carboxylic acids is 1. The van der Waals surface area contributed by atoms with Crippen molar-refractivity contribution < 1.29 is 9.53 Å². The molecule has 0 bridgehead atoms. The molecule has 18 heavy (non-hydrogen) atoms. The Labute approximate surface area is 109 Å². The molecule has 0 radical (unpaired) electrons. The van der Waals surface area contributed by atoms with Gasteiger partial charge in [-0.05, 0) is 31.4 Å². The van der Waals surface area contributed by atoms with Crippen LogP contribution in [0.2, 0.25) is 0 Å². The van der Waals surface area contributed by atoms with E-state index < -0.39 is 5.60 Å².